The molecule has 2 aliphatic heterocycles. The SMILES string of the molecule is CC(=O)N1c2ccc(S(=O)(=O)N3CCC(C(=O)Nc4ccccn4)CC3)cc2C[C@H]1C. The molecule has 1 aromatic heterocycles. The third-order valence-electron chi connectivity index (χ3n) is 5.98. The molecule has 2 aromatic rings. The molecule has 1 fully saturated rings. The van der Waals surface area contributed by atoms with Crippen molar-refractivity contribution < 1.29 is 18.0 Å². The summed E-state index contributed by atoms with van der Waals surface area (Å²) in [6.07, 6.45) is 3.15. The molecule has 2 amide bonds. The van der Waals surface area contributed by atoms with Gasteiger partial charge in [-0.1, -0.05) is 6.07 Å². The van der Waals surface area contributed by atoms with E-state index < -0.39 is 10.0 Å². The van der Waals surface area contributed by atoms with Gasteiger partial charge < -0.3 is 10.2 Å². The first-order chi connectivity index (χ1) is 14.8. The van der Waals surface area contributed by atoms with Crippen LogP contribution in [0.3, 0.4) is 0 Å². The molecule has 3 heterocycles. The molecule has 0 unspecified atom stereocenters. The highest BCUT2D eigenvalue weighted by Gasteiger charge is 2.34. The van der Waals surface area contributed by atoms with Crippen molar-refractivity contribution in [2.75, 3.05) is 23.3 Å². The van der Waals surface area contributed by atoms with E-state index in [9.17, 15) is 18.0 Å². The van der Waals surface area contributed by atoms with Crippen LogP contribution in [0, 0.1) is 5.92 Å². The summed E-state index contributed by atoms with van der Waals surface area (Å²) in [7, 11) is -3.66. The molecular weight excluding hydrogens is 416 g/mol. The van der Waals surface area contributed by atoms with Gasteiger partial charge in [0.15, 0.2) is 0 Å². The Balaban J connectivity index is 1.43. The van der Waals surface area contributed by atoms with Crippen LogP contribution in [0.15, 0.2) is 47.5 Å². The first-order valence-electron chi connectivity index (χ1n) is 10.4. The maximum absolute atomic E-state index is 13.2. The van der Waals surface area contributed by atoms with Crippen LogP contribution in [0.1, 0.15) is 32.3 Å². The van der Waals surface area contributed by atoms with Crippen molar-refractivity contribution in [3.63, 3.8) is 0 Å². The Hall–Kier alpha value is -2.78. The molecule has 0 saturated carbocycles. The Morgan fingerprint density at radius 3 is 2.52 bits per heavy atom. The molecule has 1 aromatic carbocycles. The van der Waals surface area contributed by atoms with Crippen LogP contribution >= 0.6 is 0 Å². The number of pyridine rings is 1. The normalized spacial score (nSPS) is 19.8. The van der Waals surface area contributed by atoms with E-state index in [2.05, 4.69) is 10.3 Å². The third-order valence-corrected chi connectivity index (χ3v) is 7.88. The zero-order valence-electron chi connectivity index (χ0n) is 17.6. The number of nitrogens with one attached hydrogen (secondary N) is 1. The molecule has 1 N–H and O–H groups in total. The standard InChI is InChI=1S/C22H26N4O4S/c1-15-13-18-14-19(6-7-20(18)26(15)16(2)27)31(29,30)25-11-8-17(9-12-25)22(28)24-21-5-3-4-10-23-21/h3-7,10,14-15,17H,8-9,11-13H2,1-2H3,(H,23,24,28)/t15-/m1/s1. The molecule has 9 heteroatoms. The molecule has 1 atom stereocenters. The van der Waals surface area contributed by atoms with Crippen LogP contribution in [0.25, 0.3) is 0 Å². The fourth-order valence-corrected chi connectivity index (χ4v) is 5.94. The lowest BCUT2D eigenvalue weighted by atomic mass is 9.97. The van der Waals surface area contributed by atoms with Crippen molar-refractivity contribution in [1.82, 2.24) is 9.29 Å². The molecule has 0 spiro atoms. The Bertz CT molecular complexity index is 1100. The molecular formula is C22H26N4O4S. The minimum atomic E-state index is -3.66. The Morgan fingerprint density at radius 2 is 1.87 bits per heavy atom. The van der Waals surface area contributed by atoms with Crippen LogP contribution < -0.4 is 10.2 Å². The number of benzene rings is 1. The van der Waals surface area contributed by atoms with Crippen molar-refractivity contribution in [2.45, 2.75) is 44.0 Å². The minimum Gasteiger partial charge on any atom is -0.310 e. The van der Waals surface area contributed by atoms with Crippen LogP contribution in [0.2, 0.25) is 0 Å². The first kappa shape index (κ1) is 21.5. The highest BCUT2D eigenvalue weighted by molar-refractivity contribution is 7.89. The number of hydrogen-bond donors (Lipinski definition) is 1. The summed E-state index contributed by atoms with van der Waals surface area (Å²) in [6.45, 7) is 4.05. The van der Waals surface area contributed by atoms with E-state index in [1.54, 1.807) is 47.5 Å². The number of fused-ring (bicyclic) bond motifs is 1. The van der Waals surface area contributed by atoms with Crippen molar-refractivity contribution >= 4 is 33.3 Å². The number of anilines is 2. The van der Waals surface area contributed by atoms with Gasteiger partial charge in [-0.2, -0.15) is 4.31 Å². The van der Waals surface area contributed by atoms with Crippen LogP contribution in [-0.2, 0) is 26.0 Å². The molecule has 164 valence electrons. The van der Waals surface area contributed by atoms with E-state index in [0.717, 1.165) is 11.3 Å². The lowest BCUT2D eigenvalue weighted by molar-refractivity contribution is -0.121. The van der Waals surface area contributed by atoms with E-state index in [0.29, 0.717) is 25.1 Å². The van der Waals surface area contributed by atoms with Gasteiger partial charge >= 0.3 is 0 Å². The molecule has 0 bridgehead atoms. The molecule has 0 aliphatic carbocycles. The smallest absolute Gasteiger partial charge is 0.243 e. The molecule has 31 heavy (non-hydrogen) atoms. The monoisotopic (exact) mass is 442 g/mol. The van der Waals surface area contributed by atoms with Crippen LogP contribution in [0.4, 0.5) is 11.5 Å². The predicted molar refractivity (Wildman–Crippen MR) is 117 cm³/mol. The molecule has 2 aliphatic rings. The number of rotatable bonds is 4. The van der Waals surface area contributed by atoms with E-state index >= 15 is 0 Å². The van der Waals surface area contributed by atoms with Crippen molar-refractivity contribution in [1.29, 1.82) is 0 Å². The summed E-state index contributed by atoms with van der Waals surface area (Å²) in [6, 6.07) is 10.3. The maximum Gasteiger partial charge on any atom is 0.243 e. The topological polar surface area (TPSA) is 99.7 Å². The number of carbonyl (C=O) groups is 2. The Morgan fingerprint density at radius 1 is 1.13 bits per heavy atom. The summed E-state index contributed by atoms with van der Waals surface area (Å²) in [5.41, 5.74) is 1.65. The molecule has 8 nitrogen and oxygen atoms in total. The van der Waals surface area contributed by atoms with Crippen molar-refractivity contribution in [2.24, 2.45) is 5.92 Å². The number of sulfonamides is 1. The highest BCUT2D eigenvalue weighted by Crippen LogP contribution is 2.35. The van der Waals surface area contributed by atoms with Gasteiger partial charge in [-0.3, -0.25) is 9.59 Å². The number of hydrogen-bond acceptors (Lipinski definition) is 5. The summed E-state index contributed by atoms with van der Waals surface area (Å²) in [5, 5.41) is 2.79. The zero-order chi connectivity index (χ0) is 22.2. The number of amides is 2. The second kappa shape index (κ2) is 8.39. The van der Waals surface area contributed by atoms with Gasteiger partial charge in [0, 0.05) is 43.9 Å². The number of carbonyl (C=O) groups excluding carboxylic acids is 2. The van der Waals surface area contributed by atoms with Gasteiger partial charge in [-0.05, 0) is 62.1 Å². The second-order valence-corrected chi connectivity index (χ2v) is 10.1. The number of piperidine rings is 1. The highest BCUT2D eigenvalue weighted by atomic mass is 32.2. The van der Waals surface area contributed by atoms with Gasteiger partial charge in [-0.15, -0.1) is 0 Å². The maximum atomic E-state index is 13.2. The predicted octanol–water partition coefficient (Wildman–Crippen LogP) is 2.42. The third kappa shape index (κ3) is 4.20. The lowest BCUT2D eigenvalue weighted by Gasteiger charge is -2.30. The summed E-state index contributed by atoms with van der Waals surface area (Å²) >= 11 is 0. The van der Waals surface area contributed by atoms with Gasteiger partial charge in [0.1, 0.15) is 5.82 Å². The van der Waals surface area contributed by atoms with Crippen molar-refractivity contribution in [3.05, 3.63) is 48.2 Å². The van der Waals surface area contributed by atoms with Crippen LogP contribution in [-0.4, -0.2) is 48.7 Å². The number of nitrogens with zero attached hydrogens (tertiary/aromatic N) is 3. The zero-order valence-corrected chi connectivity index (χ0v) is 18.4. The fraction of sp³-hybridized carbons (Fsp3) is 0.409. The average Bonchev–Trinajstić information content (AvgIpc) is 3.09. The summed E-state index contributed by atoms with van der Waals surface area (Å²) in [4.78, 5) is 30.4. The summed E-state index contributed by atoms with van der Waals surface area (Å²) in [5.74, 6) is 0.0625. The Labute approximate surface area is 182 Å². The van der Waals surface area contributed by atoms with Gasteiger partial charge in [0.05, 0.1) is 4.90 Å². The van der Waals surface area contributed by atoms with Crippen LogP contribution in [0.5, 0.6) is 0 Å². The molecule has 0 radical (unpaired) electrons. The molecule has 1 saturated heterocycles. The second-order valence-electron chi connectivity index (χ2n) is 8.12. The summed E-state index contributed by atoms with van der Waals surface area (Å²) < 4.78 is 27.8. The van der Waals surface area contributed by atoms with E-state index in [4.69, 9.17) is 0 Å². The van der Waals surface area contributed by atoms with Crippen molar-refractivity contribution in [3.8, 4) is 0 Å². The minimum absolute atomic E-state index is 0.0128. The van der Waals surface area contributed by atoms with E-state index in [1.807, 2.05) is 6.92 Å². The van der Waals surface area contributed by atoms with Gasteiger partial charge in [-0.25, -0.2) is 13.4 Å². The Kier molecular flexibility index (Phi) is 5.81. The fourth-order valence-electron chi connectivity index (χ4n) is 4.42. The first-order valence-corrected chi connectivity index (χ1v) is 11.9. The lowest BCUT2D eigenvalue weighted by Crippen LogP contribution is -2.41. The van der Waals surface area contributed by atoms with Gasteiger partial charge in [0.2, 0.25) is 21.8 Å². The average molecular weight is 443 g/mol. The number of aromatic nitrogens is 1. The largest absolute Gasteiger partial charge is 0.310 e. The van der Waals surface area contributed by atoms with E-state index in [1.165, 1.54) is 11.2 Å². The van der Waals surface area contributed by atoms with E-state index in [-0.39, 0.29) is 41.8 Å². The van der Waals surface area contributed by atoms with Gasteiger partial charge in [0.25, 0.3) is 0 Å². The quantitative estimate of drug-likeness (QED) is 0.784. The molecule has 4 rings (SSSR count).